The molecule has 0 saturated heterocycles. The number of aryl methyl sites for hydroxylation is 2. The maximum absolute atomic E-state index is 5.65. The van der Waals surface area contributed by atoms with Crippen LogP contribution in [0.15, 0.2) is 18.2 Å². The minimum Gasteiger partial charge on any atom is -0.271 e. The van der Waals surface area contributed by atoms with Gasteiger partial charge in [0.1, 0.15) is 0 Å². The van der Waals surface area contributed by atoms with Gasteiger partial charge in [-0.2, -0.15) is 0 Å². The van der Waals surface area contributed by atoms with E-state index in [4.69, 9.17) is 5.84 Å². The Labute approximate surface area is 106 Å². The van der Waals surface area contributed by atoms with Crippen LogP contribution in [0.1, 0.15) is 43.4 Å². The Morgan fingerprint density at radius 1 is 1.18 bits per heavy atom. The van der Waals surface area contributed by atoms with Crippen LogP contribution >= 0.6 is 0 Å². The van der Waals surface area contributed by atoms with E-state index in [9.17, 15) is 0 Å². The molecule has 17 heavy (non-hydrogen) atoms. The van der Waals surface area contributed by atoms with Gasteiger partial charge in [-0.1, -0.05) is 49.6 Å². The van der Waals surface area contributed by atoms with Crippen LogP contribution in [0, 0.1) is 19.8 Å². The third-order valence-electron chi connectivity index (χ3n) is 3.38. The van der Waals surface area contributed by atoms with Gasteiger partial charge in [-0.05, 0) is 38.2 Å². The van der Waals surface area contributed by atoms with Crippen molar-refractivity contribution >= 4 is 0 Å². The van der Waals surface area contributed by atoms with Gasteiger partial charge in [0.2, 0.25) is 0 Å². The summed E-state index contributed by atoms with van der Waals surface area (Å²) in [5.41, 5.74) is 7.00. The largest absolute Gasteiger partial charge is 0.271 e. The molecule has 0 bridgehead atoms. The molecule has 2 unspecified atom stereocenters. The molecule has 2 nitrogen and oxygen atoms in total. The van der Waals surface area contributed by atoms with Gasteiger partial charge in [0, 0.05) is 6.04 Å². The summed E-state index contributed by atoms with van der Waals surface area (Å²) in [6.07, 6.45) is 3.37. The molecule has 0 aromatic heterocycles. The summed E-state index contributed by atoms with van der Waals surface area (Å²) in [5, 5.41) is 0. The Kier molecular flexibility index (Phi) is 5.66. The number of nitrogens with two attached hydrogens (primary N) is 1. The third kappa shape index (κ3) is 4.88. The summed E-state index contributed by atoms with van der Waals surface area (Å²) >= 11 is 0. The second-order valence-corrected chi connectivity index (χ2v) is 5.31. The Morgan fingerprint density at radius 3 is 2.24 bits per heavy atom. The average molecular weight is 234 g/mol. The monoisotopic (exact) mass is 234 g/mol. The van der Waals surface area contributed by atoms with Crippen LogP contribution in [0.4, 0.5) is 0 Å². The first kappa shape index (κ1) is 14.2. The summed E-state index contributed by atoms with van der Waals surface area (Å²) in [7, 11) is 0. The number of benzene rings is 1. The summed E-state index contributed by atoms with van der Waals surface area (Å²) in [4.78, 5) is 0. The van der Waals surface area contributed by atoms with Gasteiger partial charge >= 0.3 is 0 Å². The van der Waals surface area contributed by atoms with Crippen LogP contribution in [0.25, 0.3) is 0 Å². The molecule has 0 heterocycles. The molecule has 0 amide bonds. The van der Waals surface area contributed by atoms with Crippen molar-refractivity contribution in [1.82, 2.24) is 5.43 Å². The molecule has 0 fully saturated rings. The topological polar surface area (TPSA) is 38.0 Å². The Balaban J connectivity index is 2.66. The van der Waals surface area contributed by atoms with Crippen LogP contribution in [0.5, 0.6) is 0 Å². The average Bonchev–Trinajstić information content (AvgIpc) is 2.26. The second kappa shape index (κ2) is 6.77. The molecule has 1 aromatic rings. The minimum atomic E-state index is 0.381. The molecule has 0 saturated carbocycles. The Morgan fingerprint density at radius 2 is 1.76 bits per heavy atom. The molecule has 1 aromatic carbocycles. The molecule has 2 atom stereocenters. The van der Waals surface area contributed by atoms with E-state index in [1.54, 1.807) is 0 Å². The molecule has 3 N–H and O–H groups in total. The molecular weight excluding hydrogens is 208 g/mol. The highest BCUT2D eigenvalue weighted by Gasteiger charge is 2.11. The van der Waals surface area contributed by atoms with Gasteiger partial charge < -0.3 is 0 Å². The number of rotatable bonds is 6. The Bertz CT molecular complexity index is 327. The van der Waals surface area contributed by atoms with Crippen LogP contribution in [0.3, 0.4) is 0 Å². The fourth-order valence-electron chi connectivity index (χ4n) is 2.33. The lowest BCUT2D eigenvalue weighted by Crippen LogP contribution is -2.38. The van der Waals surface area contributed by atoms with Crippen LogP contribution in [-0.4, -0.2) is 6.04 Å². The Hall–Kier alpha value is -0.860. The predicted molar refractivity (Wildman–Crippen MR) is 74.8 cm³/mol. The number of hydrazine groups is 1. The third-order valence-corrected chi connectivity index (χ3v) is 3.38. The van der Waals surface area contributed by atoms with Crippen LogP contribution in [0.2, 0.25) is 0 Å². The summed E-state index contributed by atoms with van der Waals surface area (Å²) in [6, 6.07) is 7.11. The maximum atomic E-state index is 5.65. The summed E-state index contributed by atoms with van der Waals surface area (Å²) < 4.78 is 0. The van der Waals surface area contributed by atoms with Gasteiger partial charge in [0.25, 0.3) is 0 Å². The molecule has 2 heteroatoms. The quantitative estimate of drug-likeness (QED) is 0.586. The molecule has 0 aliphatic carbocycles. The fourth-order valence-corrected chi connectivity index (χ4v) is 2.33. The zero-order chi connectivity index (χ0) is 12.8. The van der Waals surface area contributed by atoms with E-state index < -0.39 is 0 Å². The zero-order valence-electron chi connectivity index (χ0n) is 11.6. The van der Waals surface area contributed by atoms with Crippen molar-refractivity contribution in [3.05, 3.63) is 34.9 Å². The highest BCUT2D eigenvalue weighted by atomic mass is 15.2. The van der Waals surface area contributed by atoms with Gasteiger partial charge in [0.05, 0.1) is 0 Å². The van der Waals surface area contributed by atoms with E-state index in [-0.39, 0.29) is 0 Å². The van der Waals surface area contributed by atoms with Crippen molar-refractivity contribution in [2.24, 2.45) is 11.8 Å². The van der Waals surface area contributed by atoms with E-state index in [0.717, 1.165) is 18.8 Å². The molecule has 0 aliphatic heterocycles. The van der Waals surface area contributed by atoms with Gasteiger partial charge in [-0.15, -0.1) is 0 Å². The minimum absolute atomic E-state index is 0.381. The first-order chi connectivity index (χ1) is 8.05. The lowest BCUT2D eigenvalue weighted by molar-refractivity contribution is 0.396. The van der Waals surface area contributed by atoms with E-state index in [1.165, 1.54) is 23.1 Å². The van der Waals surface area contributed by atoms with Gasteiger partial charge in [0.15, 0.2) is 0 Å². The second-order valence-electron chi connectivity index (χ2n) is 5.31. The molecular formula is C15H26N2. The van der Waals surface area contributed by atoms with Crippen LogP contribution < -0.4 is 11.3 Å². The first-order valence-electron chi connectivity index (χ1n) is 6.58. The fraction of sp³-hybridized carbons (Fsp3) is 0.600. The number of hydrogen-bond acceptors (Lipinski definition) is 2. The van der Waals surface area contributed by atoms with Gasteiger partial charge in [-0.3, -0.25) is 11.3 Å². The standard InChI is InChI=1S/C15H26N2/c1-5-11(2)9-15(17-16)10-14-7-12(3)6-13(4)8-14/h6-8,11,15,17H,5,9-10,16H2,1-4H3. The highest BCUT2D eigenvalue weighted by Crippen LogP contribution is 2.15. The normalized spacial score (nSPS) is 14.6. The highest BCUT2D eigenvalue weighted by molar-refractivity contribution is 5.29. The van der Waals surface area contributed by atoms with E-state index >= 15 is 0 Å². The summed E-state index contributed by atoms with van der Waals surface area (Å²) in [5.74, 6) is 6.37. The lowest BCUT2D eigenvalue weighted by atomic mass is 9.94. The molecule has 1 rings (SSSR count). The maximum Gasteiger partial charge on any atom is 0.0253 e. The van der Waals surface area contributed by atoms with Gasteiger partial charge in [-0.25, -0.2) is 0 Å². The lowest BCUT2D eigenvalue weighted by Gasteiger charge is -2.20. The molecule has 0 radical (unpaired) electrons. The zero-order valence-corrected chi connectivity index (χ0v) is 11.6. The predicted octanol–water partition coefficient (Wildman–Crippen LogP) is 3.11. The number of hydrogen-bond donors (Lipinski definition) is 2. The van der Waals surface area contributed by atoms with Crippen molar-refractivity contribution in [3.63, 3.8) is 0 Å². The smallest absolute Gasteiger partial charge is 0.0253 e. The molecule has 0 aliphatic rings. The van der Waals surface area contributed by atoms with Crippen molar-refractivity contribution in [3.8, 4) is 0 Å². The van der Waals surface area contributed by atoms with E-state index in [1.807, 2.05) is 0 Å². The first-order valence-corrected chi connectivity index (χ1v) is 6.58. The summed E-state index contributed by atoms with van der Waals surface area (Å²) in [6.45, 7) is 8.81. The van der Waals surface area contributed by atoms with E-state index in [0.29, 0.717) is 6.04 Å². The molecule has 0 spiro atoms. The van der Waals surface area contributed by atoms with Crippen molar-refractivity contribution in [2.45, 2.75) is 53.0 Å². The number of nitrogens with one attached hydrogen (secondary N) is 1. The van der Waals surface area contributed by atoms with Crippen molar-refractivity contribution < 1.29 is 0 Å². The SMILES string of the molecule is CCC(C)CC(Cc1cc(C)cc(C)c1)NN. The van der Waals surface area contributed by atoms with E-state index in [2.05, 4.69) is 51.3 Å². The van der Waals surface area contributed by atoms with Crippen LogP contribution in [-0.2, 0) is 6.42 Å². The molecule has 96 valence electrons. The van der Waals surface area contributed by atoms with Crippen molar-refractivity contribution in [1.29, 1.82) is 0 Å². The van der Waals surface area contributed by atoms with Crippen molar-refractivity contribution in [2.75, 3.05) is 0 Å².